The highest BCUT2D eigenvalue weighted by molar-refractivity contribution is 8.09. The zero-order valence-electron chi connectivity index (χ0n) is 23.6. The smallest absolute Gasteiger partial charge is 0.324 e. The van der Waals surface area contributed by atoms with Gasteiger partial charge in [-0.1, -0.05) is 0 Å². The number of aromatic amines is 1. The van der Waals surface area contributed by atoms with Crippen molar-refractivity contribution in [1.29, 1.82) is 0 Å². The van der Waals surface area contributed by atoms with Crippen LogP contribution in [0.5, 0.6) is 0 Å². The predicted molar refractivity (Wildman–Crippen MR) is 168 cm³/mol. The van der Waals surface area contributed by atoms with Crippen LogP contribution >= 0.6 is 13.2 Å². The Balaban J connectivity index is 1.07. The maximum Gasteiger partial charge on any atom is 0.324 e. The van der Waals surface area contributed by atoms with Gasteiger partial charge in [0.05, 0.1) is 25.9 Å². The molecule has 244 valence electrons. The van der Waals surface area contributed by atoms with Gasteiger partial charge in [-0.2, -0.15) is 0 Å². The largest absolute Gasteiger partial charge is 0.382 e. The molecular formula is C24H27FN10O7P2S2. The van der Waals surface area contributed by atoms with Crippen LogP contribution in [0.1, 0.15) is 25.1 Å². The first-order chi connectivity index (χ1) is 22.0. The molecule has 3 fully saturated rings. The molecule has 2 aliphatic heterocycles. The van der Waals surface area contributed by atoms with Gasteiger partial charge in [0.25, 0.3) is 5.56 Å². The number of nitrogen functional groups attached to an aromatic ring is 1. The fraction of sp³-hybridized carbons (Fsp3) is 0.500. The Kier molecular flexibility index (Phi) is 7.41. The van der Waals surface area contributed by atoms with Crippen LogP contribution in [0.15, 0.2) is 36.2 Å². The van der Waals surface area contributed by atoms with Gasteiger partial charge in [0.1, 0.15) is 24.1 Å². The lowest BCUT2D eigenvalue weighted by Gasteiger charge is -2.46. The van der Waals surface area contributed by atoms with E-state index < -0.39 is 37.8 Å². The molecule has 5 aromatic heterocycles. The maximum atomic E-state index is 16.1. The van der Waals surface area contributed by atoms with E-state index in [-0.39, 0.29) is 65.3 Å². The van der Waals surface area contributed by atoms with Crippen molar-refractivity contribution in [2.24, 2.45) is 11.8 Å². The summed E-state index contributed by atoms with van der Waals surface area (Å²) in [5, 5.41) is 0. The van der Waals surface area contributed by atoms with Crippen molar-refractivity contribution in [3.05, 3.63) is 41.7 Å². The second-order valence-corrected chi connectivity index (χ2v) is 18.0. The zero-order chi connectivity index (χ0) is 32.0. The summed E-state index contributed by atoms with van der Waals surface area (Å²) < 4.78 is 44.5. The van der Waals surface area contributed by atoms with Crippen molar-refractivity contribution < 1.29 is 32.5 Å². The van der Waals surface area contributed by atoms with E-state index in [0.717, 1.165) is 0 Å². The Morgan fingerprint density at radius 1 is 1.07 bits per heavy atom. The number of nitrogens with one attached hydrogen (secondary N) is 1. The summed E-state index contributed by atoms with van der Waals surface area (Å²) in [6.07, 6.45) is 2.89. The number of hydrogen-bond acceptors (Lipinski definition) is 13. The summed E-state index contributed by atoms with van der Waals surface area (Å²) in [6, 6.07) is -0.148. The Morgan fingerprint density at radius 3 is 2.72 bits per heavy atom. The van der Waals surface area contributed by atoms with Gasteiger partial charge in [-0.15, -0.1) is 0 Å². The highest BCUT2D eigenvalue weighted by atomic mass is 32.5. The number of alkyl halides is 1. The number of rotatable bonds is 2. The topological polar surface area (TPSA) is 215 Å². The van der Waals surface area contributed by atoms with Crippen molar-refractivity contribution in [3.8, 4) is 0 Å². The van der Waals surface area contributed by atoms with Crippen LogP contribution < -0.4 is 11.3 Å². The average molecular weight is 713 g/mol. The summed E-state index contributed by atoms with van der Waals surface area (Å²) in [5.74, 6) is 0.234. The van der Waals surface area contributed by atoms with E-state index in [2.05, 4.69) is 29.9 Å². The minimum Gasteiger partial charge on any atom is -0.382 e. The standard InChI is InChI=1S/C24H27FN10O7P2S2/c25-15-18-14(41-23(15)35-10-30-16-19(26)28-8-29-20(16)35)7-39-43(37,45)4-1-12-11(6-40-44(38,46)42-18)5-13(12)34-9-31-17-21(36)32-24-27-2-3-33(24)22(17)34/h2-3,8-15,18,23H,1,4-7H2,(H,37,45)(H,38,46)(H2,26,28,29)(H,27,32,36)/t11-,12-,13-,14-,15-,18-,23-,43?,44?/m1/s1. The first kappa shape index (κ1) is 30.6. The van der Waals surface area contributed by atoms with Gasteiger partial charge < -0.3 is 33.9 Å². The van der Waals surface area contributed by atoms with Gasteiger partial charge in [0.2, 0.25) is 5.78 Å². The minimum atomic E-state index is -4.00. The number of H-pyrrole nitrogens is 1. The van der Waals surface area contributed by atoms with Gasteiger partial charge in [-0.25, -0.2) is 29.3 Å². The summed E-state index contributed by atoms with van der Waals surface area (Å²) in [5.41, 5.74) is 6.86. The van der Waals surface area contributed by atoms with Gasteiger partial charge in [0.15, 0.2) is 41.5 Å². The summed E-state index contributed by atoms with van der Waals surface area (Å²) in [6.45, 7) is -7.72. The van der Waals surface area contributed by atoms with E-state index in [4.69, 9.17) is 47.7 Å². The number of halogens is 1. The van der Waals surface area contributed by atoms with E-state index in [0.29, 0.717) is 24.3 Å². The summed E-state index contributed by atoms with van der Waals surface area (Å²) >= 11 is 10.9. The summed E-state index contributed by atoms with van der Waals surface area (Å²) in [7, 11) is 0. The van der Waals surface area contributed by atoms with Crippen LogP contribution in [0.4, 0.5) is 10.2 Å². The number of aromatic nitrogens is 9. The molecule has 7 heterocycles. The molecule has 0 aromatic carbocycles. The highest BCUT2D eigenvalue weighted by Crippen LogP contribution is 2.56. The van der Waals surface area contributed by atoms with E-state index in [9.17, 15) is 14.6 Å². The monoisotopic (exact) mass is 712 g/mol. The number of ether oxygens (including phenoxy) is 1. The number of anilines is 1. The first-order valence-corrected chi connectivity index (χ1v) is 19.7. The van der Waals surface area contributed by atoms with Crippen molar-refractivity contribution in [1.82, 2.24) is 43.4 Å². The molecule has 2 unspecified atom stereocenters. The molecule has 5 aromatic rings. The van der Waals surface area contributed by atoms with E-state index in [1.165, 1.54) is 17.2 Å². The zero-order valence-corrected chi connectivity index (χ0v) is 27.1. The lowest BCUT2D eigenvalue weighted by Crippen LogP contribution is -2.41. The van der Waals surface area contributed by atoms with Crippen molar-refractivity contribution in [2.45, 2.75) is 43.5 Å². The second-order valence-electron chi connectivity index (χ2n) is 11.5. The van der Waals surface area contributed by atoms with Crippen molar-refractivity contribution in [3.63, 3.8) is 0 Å². The van der Waals surface area contributed by atoms with Crippen LogP contribution in [0.2, 0.25) is 0 Å². The first-order valence-electron chi connectivity index (χ1n) is 14.3. The molecule has 1 saturated carbocycles. The number of fused-ring (bicyclic) bond motifs is 6. The fourth-order valence-electron chi connectivity index (χ4n) is 6.62. The third kappa shape index (κ3) is 5.11. The van der Waals surface area contributed by atoms with Crippen LogP contribution in [0.25, 0.3) is 28.1 Å². The van der Waals surface area contributed by atoms with Gasteiger partial charge in [-0.3, -0.25) is 23.3 Å². The molecule has 1 aliphatic carbocycles. The van der Waals surface area contributed by atoms with E-state index in [1.807, 2.05) is 4.57 Å². The molecule has 17 nitrogen and oxygen atoms in total. The normalized spacial score (nSPS) is 35.7. The van der Waals surface area contributed by atoms with Gasteiger partial charge >= 0.3 is 6.72 Å². The molecule has 2 saturated heterocycles. The SMILES string of the molecule is Nc1ncnc2c1ncn2[C@@H]1O[C@@H]2COP(O)(=S)CC[C@@H]3[C@@H](COP(O)(=S)O[C@H]2[C@H]1F)C[C@H]3n1cnc2c(=O)[nH]c3nccn3c21. The van der Waals surface area contributed by atoms with E-state index in [1.54, 1.807) is 23.1 Å². The summed E-state index contributed by atoms with van der Waals surface area (Å²) in [4.78, 5) is 58.5. The fourth-order valence-corrected chi connectivity index (χ4v) is 9.73. The average Bonchev–Trinajstić information content (AvgIpc) is 3.78. The Hall–Kier alpha value is -2.77. The van der Waals surface area contributed by atoms with Gasteiger partial charge in [0, 0.05) is 24.6 Å². The van der Waals surface area contributed by atoms with Gasteiger partial charge in [-0.05, 0) is 48.3 Å². The lowest BCUT2D eigenvalue weighted by atomic mass is 9.68. The molecule has 0 bridgehead atoms. The molecule has 0 spiro atoms. The van der Waals surface area contributed by atoms with Crippen LogP contribution in [0.3, 0.4) is 0 Å². The highest BCUT2D eigenvalue weighted by Gasteiger charge is 2.51. The Morgan fingerprint density at radius 2 is 1.87 bits per heavy atom. The molecule has 0 amide bonds. The Bertz CT molecular complexity index is 2140. The van der Waals surface area contributed by atoms with Crippen molar-refractivity contribution in [2.75, 3.05) is 25.1 Å². The molecular weight excluding hydrogens is 685 g/mol. The van der Waals surface area contributed by atoms with Crippen LogP contribution in [0, 0.1) is 11.8 Å². The number of nitrogens with zero attached hydrogens (tertiary/aromatic N) is 8. The minimum absolute atomic E-state index is 0.0127. The predicted octanol–water partition coefficient (Wildman–Crippen LogP) is 1.55. The van der Waals surface area contributed by atoms with Crippen LogP contribution in [-0.4, -0.2) is 91.0 Å². The molecule has 46 heavy (non-hydrogen) atoms. The number of nitrogens with two attached hydrogens (primary N) is 1. The number of hydrogen-bond donors (Lipinski definition) is 4. The Labute approximate surface area is 268 Å². The third-order valence-corrected chi connectivity index (χ3v) is 12.7. The molecule has 3 aliphatic rings. The van der Waals surface area contributed by atoms with E-state index >= 15 is 4.39 Å². The quantitative estimate of drug-likeness (QED) is 0.191. The van der Waals surface area contributed by atoms with Crippen LogP contribution in [-0.2, 0) is 41.9 Å². The maximum absolute atomic E-state index is 16.1. The number of imidazole rings is 3. The lowest BCUT2D eigenvalue weighted by molar-refractivity contribution is -0.0403. The van der Waals surface area contributed by atoms with Crippen molar-refractivity contribution >= 4 is 70.7 Å². The third-order valence-electron chi connectivity index (χ3n) is 8.90. The molecule has 8 rings (SSSR count). The molecule has 22 heteroatoms. The second kappa shape index (κ2) is 11.2. The molecule has 0 radical (unpaired) electrons. The molecule has 5 N–H and O–H groups in total. The molecule has 9 atom stereocenters.